The number of rotatable bonds is 4. The average molecular weight is 404 g/mol. The minimum atomic E-state index is -3.69. The van der Waals surface area contributed by atoms with Crippen LogP contribution in [0.25, 0.3) is 0 Å². The molecule has 3 rings (SSSR count). The predicted octanol–water partition coefficient (Wildman–Crippen LogP) is 4.07. The largest absolute Gasteiger partial charge is 0.245 e. The monoisotopic (exact) mass is 403 g/mol. The zero-order chi connectivity index (χ0) is 17.3. The van der Waals surface area contributed by atoms with Gasteiger partial charge < -0.3 is 0 Å². The first-order valence-electron chi connectivity index (χ1n) is 7.74. The zero-order valence-corrected chi connectivity index (χ0v) is 15.8. The van der Waals surface area contributed by atoms with Gasteiger partial charge in [-0.25, -0.2) is 8.42 Å². The SMILES string of the molecule is C#CCN([C@H]1CCc2ccccc21)S(=O)(=O)c1ccc(C)cc1Br. The highest BCUT2D eigenvalue weighted by molar-refractivity contribution is 9.10. The van der Waals surface area contributed by atoms with E-state index in [2.05, 4.69) is 27.9 Å². The Labute approximate surface area is 151 Å². The maximum Gasteiger partial charge on any atom is 0.245 e. The lowest BCUT2D eigenvalue weighted by molar-refractivity contribution is 0.352. The summed E-state index contributed by atoms with van der Waals surface area (Å²) in [7, 11) is -3.69. The predicted molar refractivity (Wildman–Crippen MR) is 99.1 cm³/mol. The molecule has 0 amide bonds. The van der Waals surface area contributed by atoms with Crippen LogP contribution in [0, 0.1) is 19.3 Å². The molecular weight excluding hydrogens is 386 g/mol. The van der Waals surface area contributed by atoms with E-state index in [1.807, 2.05) is 31.2 Å². The Morgan fingerprint density at radius 1 is 1.29 bits per heavy atom. The summed E-state index contributed by atoms with van der Waals surface area (Å²) in [4.78, 5) is 0.257. The quantitative estimate of drug-likeness (QED) is 0.721. The molecule has 0 heterocycles. The molecule has 0 spiro atoms. The number of nitrogens with zero attached hydrogens (tertiary/aromatic N) is 1. The molecule has 2 aromatic rings. The van der Waals surface area contributed by atoms with Gasteiger partial charge in [0, 0.05) is 4.47 Å². The van der Waals surface area contributed by atoms with Crippen LogP contribution < -0.4 is 0 Å². The van der Waals surface area contributed by atoms with Crippen LogP contribution in [0.5, 0.6) is 0 Å². The fourth-order valence-electron chi connectivity index (χ4n) is 3.23. The first-order chi connectivity index (χ1) is 11.4. The van der Waals surface area contributed by atoms with Crippen molar-refractivity contribution < 1.29 is 8.42 Å². The first kappa shape index (κ1) is 17.2. The van der Waals surface area contributed by atoms with Crippen LogP contribution >= 0.6 is 15.9 Å². The van der Waals surface area contributed by atoms with Gasteiger partial charge in [-0.15, -0.1) is 6.42 Å². The maximum absolute atomic E-state index is 13.3. The van der Waals surface area contributed by atoms with Crippen LogP contribution in [0.15, 0.2) is 51.8 Å². The van der Waals surface area contributed by atoms with Gasteiger partial charge in [0.2, 0.25) is 10.0 Å². The summed E-state index contributed by atoms with van der Waals surface area (Å²) >= 11 is 3.39. The van der Waals surface area contributed by atoms with E-state index in [4.69, 9.17) is 6.42 Å². The van der Waals surface area contributed by atoms with Gasteiger partial charge in [0.15, 0.2) is 0 Å². The van der Waals surface area contributed by atoms with Gasteiger partial charge in [-0.3, -0.25) is 0 Å². The fraction of sp³-hybridized carbons (Fsp3) is 0.263. The van der Waals surface area contributed by atoms with Gasteiger partial charge in [0.05, 0.1) is 17.5 Å². The summed E-state index contributed by atoms with van der Waals surface area (Å²) in [5.74, 6) is 2.51. The molecule has 0 aromatic heterocycles. The zero-order valence-electron chi connectivity index (χ0n) is 13.4. The summed E-state index contributed by atoms with van der Waals surface area (Å²) in [6.45, 7) is 1.98. The topological polar surface area (TPSA) is 37.4 Å². The Morgan fingerprint density at radius 2 is 2.04 bits per heavy atom. The Balaban J connectivity index is 2.07. The summed E-state index contributed by atoms with van der Waals surface area (Å²) in [5, 5.41) is 0. The minimum Gasteiger partial charge on any atom is -0.207 e. The highest BCUT2D eigenvalue weighted by Crippen LogP contribution is 2.39. The number of halogens is 1. The number of aryl methyl sites for hydroxylation is 2. The average Bonchev–Trinajstić information content (AvgIpc) is 2.95. The lowest BCUT2D eigenvalue weighted by atomic mass is 10.1. The number of sulfonamides is 1. The van der Waals surface area contributed by atoms with Crippen LogP contribution in [-0.4, -0.2) is 19.3 Å². The van der Waals surface area contributed by atoms with E-state index in [0.29, 0.717) is 4.47 Å². The van der Waals surface area contributed by atoms with Crippen LogP contribution in [0.2, 0.25) is 0 Å². The molecule has 1 aliphatic carbocycles. The van der Waals surface area contributed by atoms with Crippen LogP contribution in [0.4, 0.5) is 0 Å². The Bertz CT molecular complexity index is 915. The van der Waals surface area contributed by atoms with E-state index in [1.54, 1.807) is 12.1 Å². The number of terminal acetylenes is 1. The number of hydrogen-bond donors (Lipinski definition) is 0. The summed E-state index contributed by atoms with van der Waals surface area (Å²) in [5.41, 5.74) is 3.25. The van der Waals surface area contributed by atoms with Gasteiger partial charge >= 0.3 is 0 Å². The third kappa shape index (κ3) is 3.02. The number of fused-ring (bicyclic) bond motifs is 1. The van der Waals surface area contributed by atoms with Crippen molar-refractivity contribution in [3.05, 3.63) is 63.6 Å². The molecule has 1 atom stereocenters. The van der Waals surface area contributed by atoms with E-state index in [0.717, 1.165) is 24.0 Å². The number of benzene rings is 2. The Morgan fingerprint density at radius 3 is 2.75 bits per heavy atom. The lowest BCUT2D eigenvalue weighted by Crippen LogP contribution is -2.34. The molecule has 2 aromatic carbocycles. The van der Waals surface area contributed by atoms with Crippen molar-refractivity contribution in [1.82, 2.24) is 4.31 Å². The second-order valence-corrected chi connectivity index (χ2v) is 8.65. The van der Waals surface area contributed by atoms with E-state index in [-0.39, 0.29) is 17.5 Å². The van der Waals surface area contributed by atoms with Crippen LogP contribution in [0.1, 0.15) is 29.2 Å². The highest BCUT2D eigenvalue weighted by atomic mass is 79.9. The second kappa shape index (κ2) is 6.72. The van der Waals surface area contributed by atoms with E-state index in [1.165, 1.54) is 9.87 Å². The molecule has 24 heavy (non-hydrogen) atoms. The number of hydrogen-bond acceptors (Lipinski definition) is 2. The van der Waals surface area contributed by atoms with Crippen molar-refractivity contribution in [2.45, 2.75) is 30.7 Å². The van der Waals surface area contributed by atoms with Gasteiger partial charge in [0.25, 0.3) is 0 Å². The molecule has 3 nitrogen and oxygen atoms in total. The van der Waals surface area contributed by atoms with E-state index < -0.39 is 10.0 Å². The molecule has 0 N–H and O–H groups in total. The molecule has 5 heteroatoms. The summed E-state index contributed by atoms with van der Waals surface area (Å²) in [6, 6.07) is 13.0. The van der Waals surface area contributed by atoms with Gasteiger partial charge in [-0.05, 0) is 64.5 Å². The van der Waals surface area contributed by atoms with E-state index in [9.17, 15) is 8.42 Å². The third-order valence-electron chi connectivity index (χ3n) is 4.37. The Hall–Kier alpha value is -1.61. The smallest absolute Gasteiger partial charge is 0.207 e. The summed E-state index contributed by atoms with van der Waals surface area (Å²) < 4.78 is 28.5. The van der Waals surface area contributed by atoms with Crippen molar-refractivity contribution in [1.29, 1.82) is 0 Å². The van der Waals surface area contributed by atoms with Crippen molar-refractivity contribution in [2.24, 2.45) is 0 Å². The van der Waals surface area contributed by atoms with Crippen molar-refractivity contribution in [3.63, 3.8) is 0 Å². The van der Waals surface area contributed by atoms with Gasteiger partial charge in [-0.2, -0.15) is 4.31 Å². The molecule has 0 aliphatic heterocycles. The van der Waals surface area contributed by atoms with Crippen molar-refractivity contribution in [3.8, 4) is 12.3 Å². The normalized spacial score (nSPS) is 16.8. The Kier molecular flexibility index (Phi) is 4.82. The lowest BCUT2D eigenvalue weighted by Gasteiger charge is -2.27. The van der Waals surface area contributed by atoms with E-state index >= 15 is 0 Å². The molecule has 1 aliphatic rings. The molecule has 0 bridgehead atoms. The minimum absolute atomic E-state index is 0.0572. The highest BCUT2D eigenvalue weighted by Gasteiger charge is 2.36. The molecule has 0 saturated carbocycles. The fourth-order valence-corrected chi connectivity index (χ4v) is 5.93. The van der Waals surface area contributed by atoms with Gasteiger partial charge in [-0.1, -0.05) is 36.3 Å². The molecular formula is C19H18BrNO2S. The van der Waals surface area contributed by atoms with Gasteiger partial charge in [0.1, 0.15) is 0 Å². The second-order valence-electron chi connectivity index (χ2n) is 5.94. The molecule has 0 saturated heterocycles. The molecule has 0 unspecified atom stereocenters. The van der Waals surface area contributed by atoms with Crippen molar-refractivity contribution in [2.75, 3.05) is 6.54 Å². The van der Waals surface area contributed by atoms with Crippen LogP contribution in [-0.2, 0) is 16.4 Å². The summed E-state index contributed by atoms with van der Waals surface area (Å²) in [6.07, 6.45) is 7.11. The van der Waals surface area contributed by atoms with Crippen LogP contribution in [0.3, 0.4) is 0 Å². The molecule has 0 radical (unpaired) electrons. The first-order valence-corrected chi connectivity index (χ1v) is 9.97. The molecule has 0 fully saturated rings. The third-order valence-corrected chi connectivity index (χ3v) is 7.20. The van der Waals surface area contributed by atoms with Crippen molar-refractivity contribution >= 4 is 26.0 Å². The standard InChI is InChI=1S/C19H18BrNO2S/c1-3-12-21(18-10-9-15-6-4-5-7-16(15)18)24(22,23)19-11-8-14(2)13-17(19)20/h1,4-8,11,13,18H,9-10,12H2,2H3/t18-/m0/s1. The molecule has 124 valence electrons. The maximum atomic E-state index is 13.3.